The molecule has 0 spiro atoms. The Labute approximate surface area is 120 Å². The number of aromatic nitrogens is 1. The van der Waals surface area contributed by atoms with Crippen LogP contribution in [0.2, 0.25) is 0 Å². The number of aliphatic carboxylic acids is 1. The summed E-state index contributed by atoms with van der Waals surface area (Å²) in [5.41, 5.74) is 0.0706. The van der Waals surface area contributed by atoms with E-state index >= 15 is 0 Å². The van der Waals surface area contributed by atoms with Crippen molar-refractivity contribution in [3.63, 3.8) is 0 Å². The lowest BCUT2D eigenvalue weighted by atomic mass is 10.2. The van der Waals surface area contributed by atoms with Crippen molar-refractivity contribution in [1.29, 1.82) is 0 Å². The van der Waals surface area contributed by atoms with Crippen molar-refractivity contribution in [2.75, 3.05) is 5.75 Å². The second-order valence-electron chi connectivity index (χ2n) is 4.50. The van der Waals surface area contributed by atoms with Crippen molar-refractivity contribution in [1.82, 2.24) is 9.88 Å². The number of carbonyl (C=O) groups excluding carboxylic acids is 1. The molecule has 0 saturated carbocycles. The van der Waals surface area contributed by atoms with Gasteiger partial charge in [0.1, 0.15) is 17.6 Å². The number of amides is 1. The van der Waals surface area contributed by atoms with E-state index < -0.39 is 23.7 Å². The lowest BCUT2D eigenvalue weighted by Crippen LogP contribution is -2.45. The van der Waals surface area contributed by atoms with Crippen molar-refractivity contribution in [3.8, 4) is 0 Å². The van der Waals surface area contributed by atoms with Crippen LogP contribution in [-0.2, 0) is 4.79 Å². The molecule has 1 fully saturated rings. The van der Waals surface area contributed by atoms with Crippen LogP contribution in [0.15, 0.2) is 18.3 Å². The number of carboxylic acids is 1. The van der Waals surface area contributed by atoms with E-state index in [0.29, 0.717) is 5.75 Å². The Balaban J connectivity index is 2.26. The summed E-state index contributed by atoms with van der Waals surface area (Å²) in [4.78, 5) is 28.8. The molecule has 1 saturated heterocycles. The molecule has 1 amide bonds. The van der Waals surface area contributed by atoms with Gasteiger partial charge >= 0.3 is 5.97 Å². The van der Waals surface area contributed by atoms with Crippen molar-refractivity contribution in [2.24, 2.45) is 0 Å². The van der Waals surface area contributed by atoms with Gasteiger partial charge in [-0.2, -0.15) is 0 Å². The molecule has 0 aliphatic carbocycles. The van der Waals surface area contributed by atoms with Crippen molar-refractivity contribution < 1.29 is 19.1 Å². The number of rotatable bonds is 4. The van der Waals surface area contributed by atoms with Crippen molar-refractivity contribution in [3.05, 3.63) is 29.8 Å². The molecule has 0 radical (unpaired) electrons. The number of nitrogens with zero attached hydrogens (tertiary/aromatic N) is 2. The number of hydrogen-bond acceptors (Lipinski definition) is 4. The second kappa shape index (κ2) is 6.21. The van der Waals surface area contributed by atoms with E-state index in [2.05, 4.69) is 4.98 Å². The summed E-state index contributed by atoms with van der Waals surface area (Å²) in [6.07, 6.45) is 2.53. The second-order valence-corrected chi connectivity index (χ2v) is 5.72. The quantitative estimate of drug-likeness (QED) is 0.920. The van der Waals surface area contributed by atoms with E-state index in [-0.39, 0.29) is 11.1 Å². The maximum Gasteiger partial charge on any atom is 0.327 e. The molecule has 1 aliphatic heterocycles. The van der Waals surface area contributed by atoms with Gasteiger partial charge in [-0.1, -0.05) is 13.3 Å². The van der Waals surface area contributed by atoms with E-state index in [1.165, 1.54) is 22.7 Å². The molecule has 2 unspecified atom stereocenters. The summed E-state index contributed by atoms with van der Waals surface area (Å²) < 4.78 is 12.8. The number of carbonyl (C=O) groups is 2. The molecule has 1 N–H and O–H groups in total. The first-order valence-electron chi connectivity index (χ1n) is 6.33. The van der Waals surface area contributed by atoms with Gasteiger partial charge in [-0.15, -0.1) is 11.8 Å². The molecule has 2 atom stereocenters. The Morgan fingerprint density at radius 3 is 2.85 bits per heavy atom. The van der Waals surface area contributed by atoms with E-state index in [4.69, 9.17) is 0 Å². The van der Waals surface area contributed by atoms with Crippen LogP contribution in [0.5, 0.6) is 0 Å². The highest BCUT2D eigenvalue weighted by atomic mass is 32.2. The van der Waals surface area contributed by atoms with Gasteiger partial charge in [0, 0.05) is 5.75 Å². The minimum absolute atomic E-state index is 0.0706. The molecular formula is C13H15FN2O3S. The zero-order valence-corrected chi connectivity index (χ0v) is 11.8. The molecule has 1 aromatic heterocycles. The summed E-state index contributed by atoms with van der Waals surface area (Å²) in [5.74, 6) is -1.64. The lowest BCUT2D eigenvalue weighted by molar-refractivity contribution is -0.141. The van der Waals surface area contributed by atoms with Gasteiger partial charge in [-0.25, -0.2) is 14.2 Å². The highest BCUT2D eigenvalue weighted by Crippen LogP contribution is 2.33. The van der Waals surface area contributed by atoms with Crippen molar-refractivity contribution in [2.45, 2.75) is 31.2 Å². The van der Waals surface area contributed by atoms with Crippen LogP contribution in [-0.4, -0.2) is 44.0 Å². The first-order valence-corrected chi connectivity index (χ1v) is 7.38. The topological polar surface area (TPSA) is 70.5 Å². The molecule has 2 rings (SSSR count). The molecule has 5 nitrogen and oxygen atoms in total. The third kappa shape index (κ3) is 2.92. The fraction of sp³-hybridized carbons (Fsp3) is 0.462. The zero-order chi connectivity index (χ0) is 14.7. The Morgan fingerprint density at radius 1 is 1.55 bits per heavy atom. The molecule has 1 aromatic rings. The van der Waals surface area contributed by atoms with E-state index in [1.807, 2.05) is 6.92 Å². The van der Waals surface area contributed by atoms with Gasteiger partial charge in [0.15, 0.2) is 0 Å². The smallest absolute Gasteiger partial charge is 0.327 e. The number of halogens is 1. The van der Waals surface area contributed by atoms with Gasteiger partial charge in [-0.3, -0.25) is 4.79 Å². The van der Waals surface area contributed by atoms with Gasteiger partial charge in [0.2, 0.25) is 0 Å². The molecule has 2 heterocycles. The molecule has 0 aromatic carbocycles. The highest BCUT2D eigenvalue weighted by molar-refractivity contribution is 8.00. The van der Waals surface area contributed by atoms with Crippen LogP contribution in [0.4, 0.5) is 4.39 Å². The summed E-state index contributed by atoms with van der Waals surface area (Å²) >= 11 is 1.46. The summed E-state index contributed by atoms with van der Waals surface area (Å²) in [6.45, 7) is 1.98. The fourth-order valence-electron chi connectivity index (χ4n) is 2.13. The Morgan fingerprint density at radius 2 is 2.30 bits per heavy atom. The Bertz CT molecular complexity index is 509. The number of carboxylic acid groups (broad SMARTS) is 1. The molecule has 20 heavy (non-hydrogen) atoms. The van der Waals surface area contributed by atoms with Crippen molar-refractivity contribution >= 4 is 23.6 Å². The summed E-state index contributed by atoms with van der Waals surface area (Å²) in [7, 11) is 0. The minimum atomic E-state index is -1.02. The number of pyridine rings is 1. The predicted molar refractivity (Wildman–Crippen MR) is 72.9 cm³/mol. The normalized spacial score (nSPS) is 22.0. The van der Waals surface area contributed by atoms with Gasteiger partial charge in [-0.05, 0) is 18.6 Å². The molecular weight excluding hydrogens is 283 g/mol. The fourth-order valence-corrected chi connectivity index (χ4v) is 3.64. The van der Waals surface area contributed by atoms with Gasteiger partial charge in [0.05, 0.1) is 11.6 Å². The predicted octanol–water partition coefficient (Wildman–Crippen LogP) is 1.99. The largest absolute Gasteiger partial charge is 0.480 e. The molecule has 7 heteroatoms. The molecule has 108 valence electrons. The third-order valence-corrected chi connectivity index (χ3v) is 4.45. The summed E-state index contributed by atoms with van der Waals surface area (Å²) in [5, 5.41) is 9.06. The van der Waals surface area contributed by atoms with E-state index in [9.17, 15) is 19.1 Å². The minimum Gasteiger partial charge on any atom is -0.480 e. The first-order chi connectivity index (χ1) is 9.54. The van der Waals surface area contributed by atoms with Crippen LogP contribution < -0.4 is 0 Å². The van der Waals surface area contributed by atoms with E-state index in [1.54, 1.807) is 0 Å². The standard InChI is InChI=1S/C13H15FN2O3S/c1-2-3-11-16(10(7-20-11)13(18)19)12(17)9-5-4-8(14)6-15-9/h4-6,10-11H,2-3,7H2,1H3,(H,18,19). The third-order valence-electron chi connectivity index (χ3n) is 3.09. The number of thioether (sulfide) groups is 1. The summed E-state index contributed by atoms with van der Waals surface area (Å²) in [6, 6.07) is 1.58. The average Bonchev–Trinajstić information content (AvgIpc) is 2.83. The molecule has 0 bridgehead atoms. The van der Waals surface area contributed by atoms with Crippen LogP contribution in [0.25, 0.3) is 0 Å². The number of hydrogen-bond donors (Lipinski definition) is 1. The highest BCUT2D eigenvalue weighted by Gasteiger charge is 2.41. The monoisotopic (exact) mass is 298 g/mol. The Hall–Kier alpha value is -1.63. The zero-order valence-electron chi connectivity index (χ0n) is 11.0. The maximum absolute atomic E-state index is 12.8. The Kier molecular flexibility index (Phi) is 4.59. The van der Waals surface area contributed by atoms with E-state index in [0.717, 1.165) is 25.1 Å². The van der Waals surface area contributed by atoms with Crippen LogP contribution >= 0.6 is 11.8 Å². The van der Waals surface area contributed by atoms with Crippen LogP contribution in [0.1, 0.15) is 30.3 Å². The first kappa shape index (κ1) is 14.8. The van der Waals surface area contributed by atoms with Crippen LogP contribution in [0.3, 0.4) is 0 Å². The van der Waals surface area contributed by atoms with Gasteiger partial charge in [0.25, 0.3) is 5.91 Å². The SMILES string of the molecule is CCCC1SCC(C(=O)O)N1C(=O)c1ccc(F)cn1. The van der Waals surface area contributed by atoms with Crippen LogP contribution in [0, 0.1) is 5.82 Å². The molecule has 1 aliphatic rings. The maximum atomic E-state index is 12.8. The van der Waals surface area contributed by atoms with Gasteiger partial charge < -0.3 is 10.0 Å². The lowest BCUT2D eigenvalue weighted by Gasteiger charge is -2.26. The average molecular weight is 298 g/mol.